The van der Waals surface area contributed by atoms with Crippen molar-refractivity contribution in [3.05, 3.63) is 59.2 Å². The van der Waals surface area contributed by atoms with Crippen molar-refractivity contribution < 1.29 is 17.9 Å². The van der Waals surface area contributed by atoms with Crippen LogP contribution in [0, 0.1) is 13.8 Å². The standard InChI is InChI=1S/C22H27NO4S/c1-17-6-10-20(16-18(17)2)27-22(24)13-9-19-7-11-21(12-8-19)28(25,26)23-14-4-3-5-15-23/h6-8,10-12,16H,3-5,9,13-15H2,1-2H3. The van der Waals surface area contributed by atoms with E-state index in [1.165, 1.54) is 0 Å². The van der Waals surface area contributed by atoms with Crippen LogP contribution in [0.4, 0.5) is 0 Å². The Kier molecular flexibility index (Phi) is 6.52. The maximum absolute atomic E-state index is 12.7. The third-order valence-electron chi connectivity index (χ3n) is 5.20. The summed E-state index contributed by atoms with van der Waals surface area (Å²) in [6.07, 6.45) is 3.67. The van der Waals surface area contributed by atoms with E-state index in [2.05, 4.69) is 0 Å². The molecule has 0 spiro atoms. The Balaban J connectivity index is 1.56. The van der Waals surface area contributed by atoms with Crippen LogP contribution < -0.4 is 4.74 Å². The first-order valence-corrected chi connectivity index (χ1v) is 11.2. The molecule has 6 heteroatoms. The lowest BCUT2D eigenvalue weighted by molar-refractivity contribution is -0.134. The van der Waals surface area contributed by atoms with Crippen LogP contribution in [0.3, 0.4) is 0 Å². The van der Waals surface area contributed by atoms with Gasteiger partial charge in [0, 0.05) is 19.5 Å². The smallest absolute Gasteiger partial charge is 0.311 e. The van der Waals surface area contributed by atoms with E-state index in [1.807, 2.05) is 26.0 Å². The summed E-state index contributed by atoms with van der Waals surface area (Å²) in [6.45, 7) is 5.17. The highest BCUT2D eigenvalue weighted by atomic mass is 32.2. The second-order valence-electron chi connectivity index (χ2n) is 7.33. The van der Waals surface area contributed by atoms with Gasteiger partial charge in [0.05, 0.1) is 4.90 Å². The van der Waals surface area contributed by atoms with E-state index in [0.29, 0.717) is 30.2 Å². The van der Waals surface area contributed by atoms with Gasteiger partial charge in [0.15, 0.2) is 0 Å². The van der Waals surface area contributed by atoms with Gasteiger partial charge in [0.2, 0.25) is 10.0 Å². The predicted octanol–water partition coefficient (Wildman–Crippen LogP) is 4.02. The van der Waals surface area contributed by atoms with Gasteiger partial charge in [0.1, 0.15) is 5.75 Å². The lowest BCUT2D eigenvalue weighted by Crippen LogP contribution is -2.35. The van der Waals surface area contributed by atoms with Gasteiger partial charge < -0.3 is 4.74 Å². The molecule has 2 aromatic carbocycles. The van der Waals surface area contributed by atoms with Crippen molar-refractivity contribution in [3.8, 4) is 5.75 Å². The summed E-state index contributed by atoms with van der Waals surface area (Å²) in [5.74, 6) is 0.254. The van der Waals surface area contributed by atoms with Crippen LogP contribution in [0.1, 0.15) is 42.4 Å². The zero-order valence-corrected chi connectivity index (χ0v) is 17.3. The van der Waals surface area contributed by atoms with Gasteiger partial charge in [0.25, 0.3) is 0 Å². The maximum atomic E-state index is 12.7. The van der Waals surface area contributed by atoms with Gasteiger partial charge >= 0.3 is 5.97 Å². The number of ether oxygens (including phenoxy) is 1. The van der Waals surface area contributed by atoms with Gasteiger partial charge in [-0.1, -0.05) is 24.6 Å². The predicted molar refractivity (Wildman–Crippen MR) is 109 cm³/mol. The molecule has 1 saturated heterocycles. The van der Waals surface area contributed by atoms with Crippen molar-refractivity contribution in [1.29, 1.82) is 0 Å². The molecule has 1 fully saturated rings. The molecule has 2 aromatic rings. The summed E-state index contributed by atoms with van der Waals surface area (Å²) in [6, 6.07) is 12.4. The first-order valence-electron chi connectivity index (χ1n) is 9.73. The van der Waals surface area contributed by atoms with Crippen molar-refractivity contribution >= 4 is 16.0 Å². The van der Waals surface area contributed by atoms with E-state index in [0.717, 1.165) is 36.0 Å². The van der Waals surface area contributed by atoms with Gasteiger partial charge in [-0.25, -0.2) is 8.42 Å². The minimum atomic E-state index is -3.42. The van der Waals surface area contributed by atoms with Crippen LogP contribution in [0.2, 0.25) is 0 Å². The number of hydrogen-bond acceptors (Lipinski definition) is 4. The van der Waals surface area contributed by atoms with Gasteiger partial charge in [-0.2, -0.15) is 4.31 Å². The first-order chi connectivity index (χ1) is 13.4. The molecule has 150 valence electrons. The Morgan fingerprint density at radius 2 is 1.64 bits per heavy atom. The summed E-state index contributed by atoms with van der Waals surface area (Å²) in [5.41, 5.74) is 3.14. The third kappa shape index (κ3) is 5.00. The molecular weight excluding hydrogens is 374 g/mol. The summed E-state index contributed by atoms with van der Waals surface area (Å²) in [7, 11) is -3.42. The van der Waals surface area contributed by atoms with Crippen molar-refractivity contribution in [2.75, 3.05) is 13.1 Å². The minimum absolute atomic E-state index is 0.241. The zero-order valence-electron chi connectivity index (χ0n) is 16.5. The van der Waals surface area contributed by atoms with Crippen molar-refractivity contribution in [2.24, 2.45) is 0 Å². The SMILES string of the molecule is Cc1ccc(OC(=O)CCc2ccc(S(=O)(=O)N3CCCCC3)cc2)cc1C. The molecule has 0 unspecified atom stereocenters. The van der Waals surface area contributed by atoms with E-state index in [9.17, 15) is 13.2 Å². The van der Waals surface area contributed by atoms with Crippen LogP contribution in [0.25, 0.3) is 0 Å². The Morgan fingerprint density at radius 3 is 2.29 bits per heavy atom. The largest absolute Gasteiger partial charge is 0.427 e. The number of benzene rings is 2. The summed E-state index contributed by atoms with van der Waals surface area (Å²) < 4.78 is 32.3. The lowest BCUT2D eigenvalue weighted by atomic mass is 10.1. The van der Waals surface area contributed by atoms with Crippen molar-refractivity contribution in [3.63, 3.8) is 0 Å². The second-order valence-corrected chi connectivity index (χ2v) is 9.27. The fraction of sp³-hybridized carbons (Fsp3) is 0.409. The molecule has 28 heavy (non-hydrogen) atoms. The van der Waals surface area contributed by atoms with Crippen molar-refractivity contribution in [2.45, 2.75) is 50.8 Å². The van der Waals surface area contributed by atoms with Crippen LogP contribution in [0.5, 0.6) is 5.75 Å². The molecule has 1 aliphatic rings. The summed E-state index contributed by atoms with van der Waals surface area (Å²) in [5, 5.41) is 0. The molecule has 0 aliphatic carbocycles. The normalized spacial score (nSPS) is 15.4. The van der Waals surface area contributed by atoms with E-state index in [4.69, 9.17) is 4.74 Å². The zero-order chi connectivity index (χ0) is 20.1. The number of rotatable bonds is 6. The average Bonchev–Trinajstić information content (AvgIpc) is 2.70. The molecule has 0 bridgehead atoms. The number of esters is 1. The van der Waals surface area contributed by atoms with E-state index >= 15 is 0 Å². The number of piperidine rings is 1. The second kappa shape index (κ2) is 8.88. The lowest BCUT2D eigenvalue weighted by Gasteiger charge is -2.25. The van der Waals surface area contributed by atoms with Gasteiger partial charge in [-0.15, -0.1) is 0 Å². The quantitative estimate of drug-likeness (QED) is 0.542. The monoisotopic (exact) mass is 401 g/mol. The molecule has 3 rings (SSSR count). The summed E-state index contributed by atoms with van der Waals surface area (Å²) >= 11 is 0. The first kappa shape index (κ1) is 20.6. The molecule has 5 nitrogen and oxygen atoms in total. The van der Waals surface area contributed by atoms with Gasteiger partial charge in [-0.05, 0) is 74.1 Å². The number of hydrogen-bond donors (Lipinski definition) is 0. The third-order valence-corrected chi connectivity index (χ3v) is 7.12. The van der Waals surface area contributed by atoms with Gasteiger partial charge in [-0.3, -0.25) is 4.79 Å². The fourth-order valence-electron chi connectivity index (χ4n) is 3.29. The van der Waals surface area contributed by atoms with E-state index < -0.39 is 10.0 Å². The highest BCUT2D eigenvalue weighted by Crippen LogP contribution is 2.21. The highest BCUT2D eigenvalue weighted by Gasteiger charge is 2.25. The molecule has 1 aliphatic heterocycles. The molecule has 0 amide bonds. The Bertz CT molecular complexity index is 930. The number of carbonyl (C=O) groups is 1. The minimum Gasteiger partial charge on any atom is -0.427 e. The van der Waals surface area contributed by atoms with Crippen molar-refractivity contribution in [1.82, 2.24) is 4.31 Å². The topological polar surface area (TPSA) is 63.7 Å². The fourth-order valence-corrected chi connectivity index (χ4v) is 4.81. The summed E-state index contributed by atoms with van der Waals surface area (Å²) in [4.78, 5) is 12.4. The van der Waals surface area contributed by atoms with Crippen LogP contribution in [0.15, 0.2) is 47.4 Å². The number of sulfonamides is 1. The molecule has 1 heterocycles. The Labute approximate surface area is 167 Å². The van der Waals surface area contributed by atoms with Crippen LogP contribution in [-0.4, -0.2) is 31.8 Å². The maximum Gasteiger partial charge on any atom is 0.311 e. The molecule has 0 radical (unpaired) electrons. The Hall–Kier alpha value is -2.18. The van der Waals surface area contributed by atoms with Crippen LogP contribution in [-0.2, 0) is 21.2 Å². The molecule has 0 saturated carbocycles. The number of nitrogens with zero attached hydrogens (tertiary/aromatic N) is 1. The Morgan fingerprint density at radius 1 is 0.964 bits per heavy atom. The molecule has 0 aromatic heterocycles. The van der Waals surface area contributed by atoms with E-state index in [1.54, 1.807) is 34.6 Å². The van der Waals surface area contributed by atoms with E-state index in [-0.39, 0.29) is 12.4 Å². The molecule has 0 N–H and O–H groups in total. The average molecular weight is 402 g/mol. The highest BCUT2D eigenvalue weighted by molar-refractivity contribution is 7.89. The molecular formula is C22H27NO4S. The van der Waals surface area contributed by atoms with Crippen LogP contribution >= 0.6 is 0 Å². The molecule has 0 atom stereocenters. The number of aryl methyl sites for hydroxylation is 3. The number of carbonyl (C=O) groups excluding carboxylic acids is 1.